The Morgan fingerprint density at radius 1 is 1.21 bits per heavy atom. The third kappa shape index (κ3) is 3.69. The predicted molar refractivity (Wildman–Crippen MR) is 77.9 cm³/mol. The van der Waals surface area contributed by atoms with E-state index < -0.39 is 0 Å². The smallest absolute Gasteiger partial charge is 0.239 e. The first-order valence-corrected chi connectivity index (χ1v) is 7.98. The standard InChI is InChI=1S/C15H29N3O/c1-13(15(19)17-10-5-6-11-17)18(12-9-16)14-7-3-2-4-8-14/h13-14H,2-12,16H2,1H3. The van der Waals surface area contributed by atoms with Crippen molar-refractivity contribution < 1.29 is 4.79 Å². The molecule has 0 radical (unpaired) electrons. The van der Waals surface area contributed by atoms with Gasteiger partial charge in [0.2, 0.25) is 5.91 Å². The molecule has 1 saturated heterocycles. The van der Waals surface area contributed by atoms with Crippen molar-refractivity contribution in [3.05, 3.63) is 0 Å². The van der Waals surface area contributed by atoms with Gasteiger partial charge >= 0.3 is 0 Å². The quantitative estimate of drug-likeness (QED) is 0.823. The number of hydrogen-bond donors (Lipinski definition) is 1. The zero-order valence-electron chi connectivity index (χ0n) is 12.3. The van der Waals surface area contributed by atoms with Crippen LogP contribution < -0.4 is 5.73 Å². The molecule has 1 aliphatic carbocycles. The molecule has 0 spiro atoms. The van der Waals surface area contributed by atoms with Gasteiger partial charge in [-0.2, -0.15) is 0 Å². The van der Waals surface area contributed by atoms with E-state index >= 15 is 0 Å². The van der Waals surface area contributed by atoms with E-state index in [9.17, 15) is 4.79 Å². The number of likely N-dealkylation sites (tertiary alicyclic amines) is 1. The van der Waals surface area contributed by atoms with Gasteiger partial charge in [0, 0.05) is 32.2 Å². The molecule has 1 atom stereocenters. The van der Waals surface area contributed by atoms with Gasteiger partial charge < -0.3 is 10.6 Å². The molecule has 2 rings (SSSR count). The second kappa shape index (κ2) is 7.25. The minimum absolute atomic E-state index is 0.00440. The van der Waals surface area contributed by atoms with Crippen molar-refractivity contribution in [2.75, 3.05) is 26.2 Å². The summed E-state index contributed by atoms with van der Waals surface area (Å²) in [4.78, 5) is 17.0. The molecule has 0 aromatic heterocycles. The molecule has 19 heavy (non-hydrogen) atoms. The molecule has 1 unspecified atom stereocenters. The van der Waals surface area contributed by atoms with E-state index in [-0.39, 0.29) is 6.04 Å². The van der Waals surface area contributed by atoms with E-state index in [4.69, 9.17) is 5.73 Å². The zero-order valence-corrected chi connectivity index (χ0v) is 12.3. The maximum Gasteiger partial charge on any atom is 0.239 e. The predicted octanol–water partition coefficient (Wildman–Crippen LogP) is 1.59. The van der Waals surface area contributed by atoms with Gasteiger partial charge in [-0.05, 0) is 32.6 Å². The minimum Gasteiger partial charge on any atom is -0.341 e. The Balaban J connectivity index is 1.97. The second-order valence-corrected chi connectivity index (χ2v) is 6.03. The molecule has 110 valence electrons. The Morgan fingerprint density at radius 3 is 2.42 bits per heavy atom. The summed E-state index contributed by atoms with van der Waals surface area (Å²) >= 11 is 0. The molecule has 1 aliphatic heterocycles. The first-order chi connectivity index (χ1) is 9.24. The molecule has 0 aromatic rings. The second-order valence-electron chi connectivity index (χ2n) is 6.03. The topological polar surface area (TPSA) is 49.6 Å². The van der Waals surface area contributed by atoms with Crippen molar-refractivity contribution in [2.24, 2.45) is 5.73 Å². The lowest BCUT2D eigenvalue weighted by Gasteiger charge is -2.38. The van der Waals surface area contributed by atoms with Gasteiger partial charge in [-0.3, -0.25) is 9.69 Å². The van der Waals surface area contributed by atoms with Crippen LogP contribution in [0, 0.1) is 0 Å². The van der Waals surface area contributed by atoms with Crippen molar-refractivity contribution in [1.82, 2.24) is 9.80 Å². The average molecular weight is 267 g/mol. The lowest BCUT2D eigenvalue weighted by Crippen LogP contribution is -2.52. The third-order valence-corrected chi connectivity index (χ3v) is 4.70. The maximum atomic E-state index is 12.5. The molecular formula is C15H29N3O. The molecule has 2 N–H and O–H groups in total. The van der Waals surface area contributed by atoms with Gasteiger partial charge in [0.15, 0.2) is 0 Å². The average Bonchev–Trinajstić information content (AvgIpc) is 2.98. The molecule has 2 aliphatic rings. The van der Waals surface area contributed by atoms with Crippen molar-refractivity contribution in [3.8, 4) is 0 Å². The van der Waals surface area contributed by atoms with Gasteiger partial charge in [-0.1, -0.05) is 19.3 Å². The van der Waals surface area contributed by atoms with Crippen LogP contribution in [0.1, 0.15) is 51.9 Å². The number of carbonyl (C=O) groups excluding carboxylic acids is 1. The summed E-state index contributed by atoms with van der Waals surface area (Å²) in [6.45, 7) is 5.47. The molecule has 2 fully saturated rings. The van der Waals surface area contributed by atoms with Gasteiger partial charge in [0.05, 0.1) is 6.04 Å². The van der Waals surface area contributed by atoms with E-state index in [2.05, 4.69) is 11.8 Å². The van der Waals surface area contributed by atoms with Crippen LogP contribution in [0.4, 0.5) is 0 Å². The van der Waals surface area contributed by atoms with Crippen LogP contribution in [0.25, 0.3) is 0 Å². The Bertz CT molecular complexity index is 283. The Hall–Kier alpha value is -0.610. The Labute approximate surface area is 117 Å². The van der Waals surface area contributed by atoms with E-state index in [0.717, 1.165) is 19.6 Å². The van der Waals surface area contributed by atoms with Gasteiger partial charge in [-0.15, -0.1) is 0 Å². The fourth-order valence-electron chi connectivity index (χ4n) is 3.60. The van der Waals surface area contributed by atoms with Gasteiger partial charge in [-0.25, -0.2) is 0 Å². The first kappa shape index (κ1) is 14.8. The largest absolute Gasteiger partial charge is 0.341 e. The Morgan fingerprint density at radius 2 is 1.84 bits per heavy atom. The summed E-state index contributed by atoms with van der Waals surface area (Å²) in [5.41, 5.74) is 5.76. The summed E-state index contributed by atoms with van der Waals surface area (Å²) in [5, 5.41) is 0. The molecule has 1 amide bonds. The van der Waals surface area contributed by atoms with Gasteiger partial charge in [0.1, 0.15) is 0 Å². The highest BCUT2D eigenvalue weighted by atomic mass is 16.2. The van der Waals surface area contributed by atoms with Crippen LogP contribution in [0.3, 0.4) is 0 Å². The van der Waals surface area contributed by atoms with Crippen molar-refractivity contribution in [3.63, 3.8) is 0 Å². The maximum absolute atomic E-state index is 12.5. The van der Waals surface area contributed by atoms with Crippen molar-refractivity contribution in [2.45, 2.75) is 64.0 Å². The van der Waals surface area contributed by atoms with Gasteiger partial charge in [0.25, 0.3) is 0 Å². The molecule has 1 heterocycles. The van der Waals surface area contributed by atoms with Crippen molar-refractivity contribution >= 4 is 5.91 Å². The normalized spacial score (nSPS) is 23.0. The number of nitrogens with zero attached hydrogens (tertiary/aromatic N) is 2. The highest BCUT2D eigenvalue weighted by Crippen LogP contribution is 2.25. The van der Waals surface area contributed by atoms with Crippen LogP contribution >= 0.6 is 0 Å². The molecule has 4 nitrogen and oxygen atoms in total. The molecule has 0 aromatic carbocycles. The lowest BCUT2D eigenvalue weighted by molar-refractivity contribution is -0.136. The van der Waals surface area contributed by atoms with E-state index in [1.165, 1.54) is 44.9 Å². The Kier molecular flexibility index (Phi) is 5.64. The van der Waals surface area contributed by atoms with Crippen molar-refractivity contribution in [1.29, 1.82) is 0 Å². The number of hydrogen-bond acceptors (Lipinski definition) is 3. The number of carbonyl (C=O) groups is 1. The number of nitrogens with two attached hydrogens (primary N) is 1. The molecule has 0 bridgehead atoms. The van der Waals surface area contributed by atoms with E-state index in [0.29, 0.717) is 18.5 Å². The highest BCUT2D eigenvalue weighted by molar-refractivity contribution is 5.81. The molecule has 1 saturated carbocycles. The lowest BCUT2D eigenvalue weighted by atomic mass is 9.93. The third-order valence-electron chi connectivity index (χ3n) is 4.70. The molecular weight excluding hydrogens is 238 g/mol. The summed E-state index contributed by atoms with van der Waals surface area (Å²) in [7, 11) is 0. The summed E-state index contributed by atoms with van der Waals surface area (Å²) in [5.74, 6) is 0.316. The number of rotatable bonds is 5. The fourth-order valence-corrected chi connectivity index (χ4v) is 3.60. The zero-order chi connectivity index (χ0) is 13.7. The van der Waals surface area contributed by atoms with Crippen LogP contribution in [0.5, 0.6) is 0 Å². The first-order valence-electron chi connectivity index (χ1n) is 7.98. The minimum atomic E-state index is 0.00440. The van der Waals surface area contributed by atoms with Crippen LogP contribution in [0.2, 0.25) is 0 Å². The van der Waals surface area contributed by atoms with E-state index in [1.54, 1.807) is 0 Å². The highest BCUT2D eigenvalue weighted by Gasteiger charge is 2.31. The number of amides is 1. The van der Waals surface area contributed by atoms with E-state index in [1.807, 2.05) is 4.90 Å². The summed E-state index contributed by atoms with van der Waals surface area (Å²) in [6.07, 6.45) is 8.75. The monoisotopic (exact) mass is 267 g/mol. The van der Waals surface area contributed by atoms with Crippen LogP contribution in [-0.2, 0) is 4.79 Å². The molecule has 4 heteroatoms. The summed E-state index contributed by atoms with van der Waals surface area (Å²) < 4.78 is 0. The fraction of sp³-hybridized carbons (Fsp3) is 0.933. The summed E-state index contributed by atoms with van der Waals surface area (Å²) in [6, 6.07) is 0.573. The SMILES string of the molecule is CC(C(=O)N1CCCC1)N(CCN)C1CCCCC1. The van der Waals surface area contributed by atoms with Crippen LogP contribution in [0.15, 0.2) is 0 Å². The van der Waals surface area contributed by atoms with Crippen LogP contribution in [-0.4, -0.2) is 54.0 Å².